The van der Waals surface area contributed by atoms with Gasteiger partial charge >= 0.3 is 0 Å². The number of carbonyl (C=O) groups is 2. The third-order valence-electron chi connectivity index (χ3n) is 3.47. The summed E-state index contributed by atoms with van der Waals surface area (Å²) in [6, 6.07) is 6.74. The number of unbranched alkanes of at least 4 members (excludes halogenated alkanes) is 1. The molecule has 0 aromatic heterocycles. The van der Waals surface area contributed by atoms with E-state index in [-0.39, 0.29) is 17.6 Å². The van der Waals surface area contributed by atoms with Crippen molar-refractivity contribution in [2.24, 2.45) is 11.6 Å². The van der Waals surface area contributed by atoms with Crippen LogP contribution in [0.15, 0.2) is 24.3 Å². The second kappa shape index (κ2) is 10.0. The number of hydrazine groups is 1. The van der Waals surface area contributed by atoms with Crippen LogP contribution in [0.5, 0.6) is 0 Å². The Bertz CT molecular complexity index is 474. The van der Waals surface area contributed by atoms with E-state index in [4.69, 9.17) is 11.6 Å². The Balaban J connectivity index is 2.68. The maximum atomic E-state index is 12.6. The van der Waals surface area contributed by atoms with Crippen molar-refractivity contribution in [2.45, 2.75) is 38.6 Å². The molecule has 0 amide bonds. The van der Waals surface area contributed by atoms with Crippen LogP contribution in [-0.2, 0) is 4.79 Å². The molecule has 0 saturated heterocycles. The Hall–Kier alpha value is -1.76. The molecular weight excluding hydrogens is 280 g/mol. The first-order valence-corrected chi connectivity index (χ1v) is 7.62. The largest absolute Gasteiger partial charge is 0.330 e. The molecule has 6 N–H and O–H groups in total. The van der Waals surface area contributed by atoms with E-state index in [1.54, 1.807) is 31.2 Å². The summed E-state index contributed by atoms with van der Waals surface area (Å²) in [6.07, 6.45) is 2.90. The zero-order chi connectivity index (χ0) is 16.4. The van der Waals surface area contributed by atoms with Crippen LogP contribution in [0.25, 0.3) is 0 Å². The van der Waals surface area contributed by atoms with E-state index in [0.29, 0.717) is 31.5 Å². The molecule has 0 unspecified atom stereocenters. The number of ketones is 2. The summed E-state index contributed by atoms with van der Waals surface area (Å²) in [7, 11) is 0. The van der Waals surface area contributed by atoms with Gasteiger partial charge in [-0.1, -0.05) is 6.42 Å². The fourth-order valence-corrected chi connectivity index (χ4v) is 2.17. The Morgan fingerprint density at radius 3 is 2.41 bits per heavy atom. The molecule has 0 aliphatic heterocycles. The maximum absolute atomic E-state index is 12.6. The summed E-state index contributed by atoms with van der Waals surface area (Å²) in [5.41, 5.74) is 9.42. The highest BCUT2D eigenvalue weighted by Crippen LogP contribution is 2.13. The van der Waals surface area contributed by atoms with Crippen LogP contribution in [-0.4, -0.2) is 30.7 Å². The van der Waals surface area contributed by atoms with E-state index in [1.807, 2.05) is 0 Å². The summed E-state index contributed by atoms with van der Waals surface area (Å²) < 4.78 is 0. The van der Waals surface area contributed by atoms with Gasteiger partial charge in [-0.25, -0.2) is 0 Å². The number of nitrogens with two attached hydrogens (primary N) is 2. The lowest BCUT2D eigenvalue weighted by Gasteiger charge is -2.17. The predicted molar refractivity (Wildman–Crippen MR) is 88.6 cm³/mol. The molecule has 0 radical (unpaired) electrons. The fraction of sp³-hybridized carbons (Fsp3) is 0.500. The SMILES string of the molecule is CC(=O)CCN[C@@H](CCCCN)C(=O)c1ccc(NN)cc1. The molecule has 6 nitrogen and oxygen atoms in total. The van der Waals surface area contributed by atoms with Gasteiger partial charge in [0, 0.05) is 24.2 Å². The summed E-state index contributed by atoms with van der Waals surface area (Å²) in [4.78, 5) is 23.6. The monoisotopic (exact) mass is 306 g/mol. The molecule has 0 fully saturated rings. The molecule has 0 bridgehead atoms. The topological polar surface area (TPSA) is 110 Å². The van der Waals surface area contributed by atoms with E-state index >= 15 is 0 Å². The lowest BCUT2D eigenvalue weighted by molar-refractivity contribution is -0.116. The van der Waals surface area contributed by atoms with Crippen molar-refractivity contribution in [1.82, 2.24) is 5.32 Å². The van der Waals surface area contributed by atoms with E-state index < -0.39 is 0 Å². The van der Waals surface area contributed by atoms with Crippen LogP contribution < -0.4 is 22.3 Å². The molecule has 122 valence electrons. The predicted octanol–water partition coefficient (Wildman–Crippen LogP) is 1.22. The molecule has 0 spiro atoms. The molecule has 1 atom stereocenters. The first kappa shape index (κ1) is 18.3. The zero-order valence-corrected chi connectivity index (χ0v) is 13.1. The van der Waals surface area contributed by atoms with Gasteiger partial charge in [-0.15, -0.1) is 0 Å². The van der Waals surface area contributed by atoms with Crippen LogP contribution in [0.1, 0.15) is 43.0 Å². The first-order chi connectivity index (χ1) is 10.6. The summed E-state index contributed by atoms with van der Waals surface area (Å²) in [5, 5.41) is 3.19. The maximum Gasteiger partial charge on any atom is 0.179 e. The molecule has 0 aliphatic carbocycles. The van der Waals surface area contributed by atoms with Crippen molar-refractivity contribution in [3.63, 3.8) is 0 Å². The van der Waals surface area contributed by atoms with Gasteiger partial charge in [-0.3, -0.25) is 15.4 Å². The van der Waals surface area contributed by atoms with Gasteiger partial charge in [0.25, 0.3) is 0 Å². The molecule has 6 heteroatoms. The molecule has 22 heavy (non-hydrogen) atoms. The highest BCUT2D eigenvalue weighted by Gasteiger charge is 2.19. The molecule has 1 aromatic rings. The minimum absolute atomic E-state index is 0.0316. The van der Waals surface area contributed by atoms with E-state index in [9.17, 15) is 9.59 Å². The Morgan fingerprint density at radius 1 is 1.18 bits per heavy atom. The summed E-state index contributed by atoms with van der Waals surface area (Å²) in [5.74, 6) is 5.46. The van der Waals surface area contributed by atoms with Crippen LogP contribution in [0, 0.1) is 0 Å². The number of hydrogen-bond acceptors (Lipinski definition) is 6. The summed E-state index contributed by atoms with van der Waals surface area (Å²) >= 11 is 0. The number of nitrogen functional groups attached to an aromatic ring is 1. The zero-order valence-electron chi connectivity index (χ0n) is 13.1. The molecule has 1 aromatic carbocycles. The lowest BCUT2D eigenvalue weighted by atomic mass is 9.99. The average Bonchev–Trinajstić information content (AvgIpc) is 2.52. The van der Waals surface area contributed by atoms with Gasteiger partial charge in [0.15, 0.2) is 5.78 Å². The second-order valence-corrected chi connectivity index (χ2v) is 5.33. The first-order valence-electron chi connectivity index (χ1n) is 7.62. The van der Waals surface area contributed by atoms with Crippen molar-refractivity contribution < 1.29 is 9.59 Å². The summed E-state index contributed by atoms with van der Waals surface area (Å²) in [6.45, 7) is 2.67. The third-order valence-corrected chi connectivity index (χ3v) is 3.47. The van der Waals surface area contributed by atoms with Crippen LogP contribution in [0.3, 0.4) is 0 Å². The van der Waals surface area contributed by atoms with Gasteiger partial charge in [0.2, 0.25) is 0 Å². The van der Waals surface area contributed by atoms with Gasteiger partial charge in [0.1, 0.15) is 5.78 Å². The number of anilines is 1. The Morgan fingerprint density at radius 2 is 1.86 bits per heavy atom. The second-order valence-electron chi connectivity index (χ2n) is 5.33. The number of nitrogens with one attached hydrogen (secondary N) is 2. The van der Waals surface area contributed by atoms with E-state index in [1.165, 1.54) is 0 Å². The van der Waals surface area contributed by atoms with Crippen LogP contribution in [0.2, 0.25) is 0 Å². The van der Waals surface area contributed by atoms with Crippen LogP contribution in [0.4, 0.5) is 5.69 Å². The van der Waals surface area contributed by atoms with Crippen molar-refractivity contribution >= 4 is 17.3 Å². The smallest absolute Gasteiger partial charge is 0.179 e. The fourth-order valence-electron chi connectivity index (χ4n) is 2.17. The molecule has 1 rings (SSSR count). The third kappa shape index (κ3) is 6.34. The lowest BCUT2D eigenvalue weighted by Crippen LogP contribution is -2.38. The minimum atomic E-state index is -0.289. The van der Waals surface area contributed by atoms with Gasteiger partial charge in [-0.2, -0.15) is 0 Å². The van der Waals surface area contributed by atoms with Crippen LogP contribution >= 0.6 is 0 Å². The van der Waals surface area contributed by atoms with Crippen molar-refractivity contribution in [1.29, 1.82) is 0 Å². The quantitative estimate of drug-likeness (QED) is 0.212. The standard InChI is InChI=1S/C16H26N4O2/c1-12(21)9-11-19-15(4-2-3-10-17)16(22)13-5-7-14(20-18)8-6-13/h5-8,15,19-20H,2-4,9-11,17-18H2,1H3/t15-/m0/s1. The molecule has 0 saturated carbocycles. The van der Waals surface area contributed by atoms with Gasteiger partial charge in [-0.05, 0) is 50.6 Å². The number of rotatable bonds is 11. The number of carbonyl (C=O) groups excluding carboxylic acids is 2. The van der Waals surface area contributed by atoms with Crippen molar-refractivity contribution in [3.8, 4) is 0 Å². The average molecular weight is 306 g/mol. The Kier molecular flexibility index (Phi) is 8.35. The highest BCUT2D eigenvalue weighted by molar-refractivity contribution is 6.00. The number of Topliss-reactive ketones (excluding diaryl/α,β-unsaturated/α-hetero) is 2. The van der Waals surface area contributed by atoms with E-state index in [2.05, 4.69) is 10.7 Å². The normalized spacial score (nSPS) is 12.0. The Labute approximate surface area is 131 Å². The number of benzene rings is 1. The van der Waals surface area contributed by atoms with E-state index in [0.717, 1.165) is 18.5 Å². The van der Waals surface area contributed by atoms with Gasteiger partial charge < -0.3 is 16.5 Å². The van der Waals surface area contributed by atoms with Crippen molar-refractivity contribution in [3.05, 3.63) is 29.8 Å². The minimum Gasteiger partial charge on any atom is -0.330 e. The van der Waals surface area contributed by atoms with Gasteiger partial charge in [0.05, 0.1) is 6.04 Å². The highest BCUT2D eigenvalue weighted by atomic mass is 16.1. The molecular formula is C16H26N4O2. The number of hydrogen-bond donors (Lipinski definition) is 4. The van der Waals surface area contributed by atoms with Crippen molar-refractivity contribution in [2.75, 3.05) is 18.5 Å². The molecule has 0 aliphatic rings. The molecule has 0 heterocycles.